The number of nitrogens with zero attached hydrogens (tertiary/aromatic N) is 1. The maximum atomic E-state index is 11.7. The molecule has 3 atom stereocenters. The van der Waals surface area contributed by atoms with Crippen LogP contribution in [0, 0.1) is 0 Å². The topological polar surface area (TPSA) is 98.7 Å². The number of hydrogen-bond acceptors (Lipinski definition) is 4. The molecular formula is C13H21N3O4S. The number of fused-ring (bicyclic) bond motifs is 1. The van der Waals surface area contributed by atoms with E-state index >= 15 is 0 Å². The summed E-state index contributed by atoms with van der Waals surface area (Å²) in [6, 6.07) is 0.351. The number of carbonyl (C=O) groups excluding carboxylic acids is 2. The molecule has 0 bridgehead atoms. The number of rotatable bonds is 7. The minimum atomic E-state index is -0.997. The van der Waals surface area contributed by atoms with Gasteiger partial charge in [-0.25, -0.2) is 4.79 Å². The molecule has 2 aliphatic rings. The van der Waals surface area contributed by atoms with Gasteiger partial charge in [0.1, 0.15) is 6.54 Å². The van der Waals surface area contributed by atoms with E-state index in [0.717, 1.165) is 25.0 Å². The summed E-state index contributed by atoms with van der Waals surface area (Å²) in [5.41, 5.74) is 0. The van der Waals surface area contributed by atoms with Crippen LogP contribution in [0.4, 0.5) is 4.79 Å². The zero-order chi connectivity index (χ0) is 15.4. The van der Waals surface area contributed by atoms with Crippen LogP contribution in [0.2, 0.25) is 0 Å². The quantitative estimate of drug-likeness (QED) is 0.462. The average Bonchev–Trinajstić information content (AvgIpc) is 2.93. The van der Waals surface area contributed by atoms with Crippen LogP contribution < -0.4 is 10.6 Å². The Morgan fingerprint density at radius 3 is 2.86 bits per heavy atom. The summed E-state index contributed by atoms with van der Waals surface area (Å²) in [6.45, 7) is -0.251. The highest BCUT2D eigenvalue weighted by Crippen LogP contribution is 2.33. The highest BCUT2D eigenvalue weighted by Gasteiger charge is 2.42. The maximum absolute atomic E-state index is 11.7. The Hall–Kier alpha value is -1.44. The lowest BCUT2D eigenvalue weighted by molar-refractivity contribution is -0.143. The van der Waals surface area contributed by atoms with Gasteiger partial charge in [-0.1, -0.05) is 6.42 Å². The third kappa shape index (κ3) is 4.26. The third-order valence-corrected chi connectivity index (χ3v) is 5.37. The van der Waals surface area contributed by atoms with E-state index < -0.39 is 5.97 Å². The zero-order valence-corrected chi connectivity index (χ0v) is 12.8. The number of amides is 3. The van der Waals surface area contributed by atoms with Crippen LogP contribution in [-0.4, -0.2) is 64.6 Å². The summed E-state index contributed by atoms with van der Waals surface area (Å²) in [5, 5.41) is 14.9. The molecule has 0 saturated carbocycles. The van der Waals surface area contributed by atoms with E-state index in [1.54, 1.807) is 0 Å². The first kappa shape index (κ1) is 15.9. The molecular weight excluding hydrogens is 294 g/mol. The largest absolute Gasteiger partial charge is 0.480 e. The van der Waals surface area contributed by atoms with Crippen molar-refractivity contribution in [3.63, 3.8) is 0 Å². The van der Waals surface area contributed by atoms with E-state index in [0.29, 0.717) is 11.7 Å². The molecule has 0 aromatic rings. The average molecular weight is 315 g/mol. The van der Waals surface area contributed by atoms with Crippen LogP contribution >= 0.6 is 11.8 Å². The normalized spacial score (nSPS) is 26.9. The van der Waals surface area contributed by atoms with Gasteiger partial charge in [0.25, 0.3) is 0 Å². The molecule has 8 heteroatoms. The van der Waals surface area contributed by atoms with Crippen LogP contribution in [0.25, 0.3) is 0 Å². The van der Waals surface area contributed by atoms with Crippen molar-refractivity contribution in [3.8, 4) is 0 Å². The second kappa shape index (κ2) is 7.02. The predicted octanol–water partition coefficient (Wildman–Crippen LogP) is 0.255. The second-order valence-electron chi connectivity index (χ2n) is 5.51. The molecule has 7 nitrogen and oxygen atoms in total. The number of hydrogen-bond donors (Lipinski definition) is 3. The molecule has 0 aromatic heterocycles. The van der Waals surface area contributed by atoms with Gasteiger partial charge < -0.3 is 20.6 Å². The lowest BCUT2D eigenvalue weighted by Gasteiger charge is -2.17. The summed E-state index contributed by atoms with van der Waals surface area (Å²) < 4.78 is 0. The number of aliphatic carboxylic acids is 1. The van der Waals surface area contributed by atoms with Gasteiger partial charge in [0, 0.05) is 24.5 Å². The van der Waals surface area contributed by atoms with Gasteiger partial charge in [0.05, 0.1) is 12.1 Å². The molecule has 2 saturated heterocycles. The summed E-state index contributed by atoms with van der Waals surface area (Å²) in [6.07, 6.45) is 2.99. The summed E-state index contributed by atoms with van der Waals surface area (Å²) in [7, 11) is 1.51. The number of unbranched alkanes of at least 4 members (excludes halogenated alkanes) is 1. The van der Waals surface area contributed by atoms with Crippen molar-refractivity contribution in [3.05, 3.63) is 0 Å². The smallest absolute Gasteiger partial charge is 0.323 e. The van der Waals surface area contributed by atoms with Gasteiger partial charge in [0.15, 0.2) is 0 Å². The SMILES string of the molecule is CN(CC(=O)O)C(=O)CCCC[C@@H]1SC[C@H]2NC(=O)N[C@@H]12. The molecule has 0 aromatic carbocycles. The molecule has 2 aliphatic heterocycles. The molecule has 2 fully saturated rings. The molecule has 3 amide bonds. The van der Waals surface area contributed by atoms with Gasteiger partial charge >= 0.3 is 12.0 Å². The molecule has 3 N–H and O–H groups in total. The monoisotopic (exact) mass is 315 g/mol. The van der Waals surface area contributed by atoms with Gasteiger partial charge in [-0.2, -0.15) is 11.8 Å². The Morgan fingerprint density at radius 1 is 1.38 bits per heavy atom. The minimum Gasteiger partial charge on any atom is -0.480 e. The molecule has 0 unspecified atom stereocenters. The number of nitrogens with one attached hydrogen (secondary N) is 2. The van der Waals surface area contributed by atoms with E-state index in [1.165, 1.54) is 11.9 Å². The lowest BCUT2D eigenvalue weighted by atomic mass is 10.0. The van der Waals surface area contributed by atoms with Gasteiger partial charge in [-0.15, -0.1) is 0 Å². The number of carboxylic acids is 1. The number of carbonyl (C=O) groups is 3. The number of carboxylic acid groups (broad SMARTS) is 1. The van der Waals surface area contributed by atoms with Crippen molar-refractivity contribution >= 4 is 29.7 Å². The van der Waals surface area contributed by atoms with Crippen molar-refractivity contribution in [1.29, 1.82) is 0 Å². The van der Waals surface area contributed by atoms with Crippen LogP contribution in [0.15, 0.2) is 0 Å². The fraction of sp³-hybridized carbons (Fsp3) is 0.769. The highest BCUT2D eigenvalue weighted by molar-refractivity contribution is 8.00. The first-order valence-electron chi connectivity index (χ1n) is 7.12. The van der Waals surface area contributed by atoms with Gasteiger partial charge in [-0.05, 0) is 12.8 Å². The van der Waals surface area contributed by atoms with Crippen molar-refractivity contribution in [2.45, 2.75) is 43.0 Å². The molecule has 2 rings (SSSR count). The fourth-order valence-electron chi connectivity index (χ4n) is 2.75. The Kier molecular flexibility index (Phi) is 5.33. The first-order valence-corrected chi connectivity index (χ1v) is 8.16. The van der Waals surface area contributed by atoms with Crippen molar-refractivity contribution in [1.82, 2.24) is 15.5 Å². The molecule has 0 aliphatic carbocycles. The Balaban J connectivity index is 1.63. The van der Waals surface area contributed by atoms with E-state index in [1.807, 2.05) is 11.8 Å². The van der Waals surface area contributed by atoms with Gasteiger partial charge in [-0.3, -0.25) is 9.59 Å². The van der Waals surface area contributed by atoms with E-state index in [4.69, 9.17) is 5.11 Å². The fourth-order valence-corrected chi connectivity index (χ4v) is 4.29. The Labute approximate surface area is 127 Å². The second-order valence-corrected chi connectivity index (χ2v) is 6.78. The van der Waals surface area contributed by atoms with Crippen molar-refractivity contribution in [2.24, 2.45) is 0 Å². The molecule has 118 valence electrons. The van der Waals surface area contributed by atoms with E-state index in [-0.39, 0.29) is 30.6 Å². The minimum absolute atomic E-state index is 0.0826. The molecule has 21 heavy (non-hydrogen) atoms. The third-order valence-electron chi connectivity index (χ3n) is 3.87. The van der Waals surface area contributed by atoms with Crippen molar-refractivity contribution in [2.75, 3.05) is 19.3 Å². The maximum Gasteiger partial charge on any atom is 0.323 e. The van der Waals surface area contributed by atoms with Crippen LogP contribution in [0.1, 0.15) is 25.7 Å². The standard InChI is InChI=1S/C13H21N3O4S/c1-16(6-11(18)19)10(17)5-3-2-4-9-12-8(7-21-9)14-13(20)15-12/h8-9,12H,2-7H2,1H3,(H,18,19)(H2,14,15,20)/t8-,9+,12-/m1/s1. The van der Waals surface area contributed by atoms with Crippen LogP contribution in [0.5, 0.6) is 0 Å². The number of urea groups is 1. The summed E-state index contributed by atoms with van der Waals surface area (Å²) in [5.74, 6) is -0.192. The number of thioether (sulfide) groups is 1. The van der Waals surface area contributed by atoms with Crippen LogP contribution in [-0.2, 0) is 9.59 Å². The van der Waals surface area contributed by atoms with Crippen LogP contribution in [0.3, 0.4) is 0 Å². The lowest BCUT2D eigenvalue weighted by Crippen LogP contribution is -2.36. The first-order chi connectivity index (χ1) is 9.97. The summed E-state index contributed by atoms with van der Waals surface area (Å²) in [4.78, 5) is 34.7. The predicted molar refractivity (Wildman–Crippen MR) is 79.2 cm³/mol. The van der Waals surface area contributed by atoms with Crippen molar-refractivity contribution < 1.29 is 19.5 Å². The molecule has 0 spiro atoms. The van der Waals surface area contributed by atoms with E-state index in [2.05, 4.69) is 10.6 Å². The molecule has 2 heterocycles. The highest BCUT2D eigenvalue weighted by atomic mass is 32.2. The zero-order valence-electron chi connectivity index (χ0n) is 12.0. The van der Waals surface area contributed by atoms with E-state index in [9.17, 15) is 14.4 Å². The van der Waals surface area contributed by atoms with Gasteiger partial charge in [0.2, 0.25) is 5.91 Å². The Morgan fingerprint density at radius 2 is 2.14 bits per heavy atom. The molecule has 0 radical (unpaired) electrons. The Bertz CT molecular complexity index is 432. The summed E-state index contributed by atoms with van der Waals surface area (Å²) >= 11 is 1.86. The number of likely N-dealkylation sites (N-methyl/N-ethyl adjacent to an activating group) is 1.